The van der Waals surface area contributed by atoms with Crippen LogP contribution in [-0.2, 0) is 4.79 Å². The first-order valence-electron chi connectivity index (χ1n) is 5.84. The molecule has 0 saturated heterocycles. The molecule has 2 rings (SSSR count). The molecule has 0 radical (unpaired) electrons. The van der Waals surface area contributed by atoms with Gasteiger partial charge in [-0.05, 0) is 6.92 Å². The molecule has 1 aromatic heterocycles. The van der Waals surface area contributed by atoms with Crippen LogP contribution >= 0.6 is 34.5 Å². The zero-order chi connectivity index (χ0) is 15.4. The van der Waals surface area contributed by atoms with Crippen molar-refractivity contribution in [2.75, 3.05) is 5.43 Å². The maximum Gasteiger partial charge on any atom is 0.308 e. The Morgan fingerprint density at radius 2 is 2.10 bits per heavy atom. The summed E-state index contributed by atoms with van der Waals surface area (Å²) in [6, 6.07) is 3.01. The second-order valence-corrected chi connectivity index (χ2v) is 5.73. The van der Waals surface area contributed by atoms with Gasteiger partial charge in [0.25, 0.3) is 0 Å². The Bertz CT molecular complexity index is 677. The van der Waals surface area contributed by atoms with Crippen molar-refractivity contribution < 1.29 is 9.53 Å². The molecular formula is C13H11Cl2N3O2S. The highest BCUT2D eigenvalue weighted by atomic mass is 35.5. The largest absolute Gasteiger partial charge is 0.427 e. The molecule has 0 aliphatic heterocycles. The lowest BCUT2D eigenvalue weighted by atomic mass is 10.2. The van der Waals surface area contributed by atoms with Crippen LogP contribution in [0.5, 0.6) is 5.75 Å². The molecule has 1 heterocycles. The van der Waals surface area contributed by atoms with Gasteiger partial charge in [0.1, 0.15) is 5.75 Å². The van der Waals surface area contributed by atoms with E-state index in [1.54, 1.807) is 0 Å². The topological polar surface area (TPSA) is 63.6 Å². The van der Waals surface area contributed by atoms with Crippen molar-refractivity contribution in [1.29, 1.82) is 0 Å². The third-order valence-electron chi connectivity index (χ3n) is 2.29. The number of aryl methyl sites for hydroxylation is 1. The number of nitrogens with one attached hydrogen (secondary N) is 1. The van der Waals surface area contributed by atoms with Crippen LogP contribution in [0.25, 0.3) is 0 Å². The summed E-state index contributed by atoms with van der Waals surface area (Å²) in [4.78, 5) is 15.1. The smallest absolute Gasteiger partial charge is 0.308 e. The van der Waals surface area contributed by atoms with Gasteiger partial charge >= 0.3 is 5.97 Å². The summed E-state index contributed by atoms with van der Waals surface area (Å²) in [5.41, 5.74) is 4.23. The van der Waals surface area contributed by atoms with Crippen molar-refractivity contribution in [2.24, 2.45) is 5.10 Å². The highest BCUT2D eigenvalue weighted by Crippen LogP contribution is 2.29. The number of nitrogens with zero attached hydrogens (tertiary/aromatic N) is 2. The van der Waals surface area contributed by atoms with Gasteiger partial charge in [-0.25, -0.2) is 4.98 Å². The SMILES string of the molecule is CC(=O)Oc1cc(Cl)c(C=NNc2nc(C)cs2)c(Cl)c1. The number of benzene rings is 1. The molecule has 0 spiro atoms. The zero-order valence-electron chi connectivity index (χ0n) is 11.2. The number of carbonyl (C=O) groups is 1. The van der Waals surface area contributed by atoms with Crippen molar-refractivity contribution in [1.82, 2.24) is 4.98 Å². The summed E-state index contributed by atoms with van der Waals surface area (Å²) in [7, 11) is 0. The average Bonchev–Trinajstić information content (AvgIpc) is 2.77. The molecule has 0 aliphatic rings. The quantitative estimate of drug-likeness (QED) is 0.392. The van der Waals surface area contributed by atoms with Gasteiger partial charge in [0.05, 0.1) is 22.0 Å². The Kier molecular flexibility index (Phi) is 5.17. The number of halogens is 2. The van der Waals surface area contributed by atoms with Crippen molar-refractivity contribution in [3.8, 4) is 5.75 Å². The number of ether oxygens (including phenoxy) is 1. The fourth-order valence-electron chi connectivity index (χ4n) is 1.47. The van der Waals surface area contributed by atoms with Crippen molar-refractivity contribution in [3.63, 3.8) is 0 Å². The average molecular weight is 344 g/mol. The van der Waals surface area contributed by atoms with Crippen LogP contribution < -0.4 is 10.2 Å². The summed E-state index contributed by atoms with van der Waals surface area (Å²) in [5, 5.41) is 7.28. The molecule has 8 heteroatoms. The number of thiazole rings is 1. The molecule has 1 N–H and O–H groups in total. The number of anilines is 1. The van der Waals surface area contributed by atoms with Crippen LogP contribution in [0.4, 0.5) is 5.13 Å². The van der Waals surface area contributed by atoms with Crippen LogP contribution in [0.2, 0.25) is 10.0 Å². The maximum absolute atomic E-state index is 10.9. The van der Waals surface area contributed by atoms with Crippen molar-refractivity contribution >= 4 is 51.9 Å². The minimum atomic E-state index is -0.440. The first-order chi connectivity index (χ1) is 9.95. The van der Waals surface area contributed by atoms with E-state index in [9.17, 15) is 4.79 Å². The van der Waals surface area contributed by atoms with E-state index in [1.165, 1.54) is 36.6 Å². The predicted octanol–water partition coefficient (Wildman–Crippen LogP) is 4.13. The van der Waals surface area contributed by atoms with Crippen LogP contribution in [0.1, 0.15) is 18.2 Å². The number of carbonyl (C=O) groups excluding carboxylic acids is 1. The molecule has 0 bridgehead atoms. The molecule has 0 saturated carbocycles. The molecule has 0 amide bonds. The normalized spacial score (nSPS) is 10.9. The van der Waals surface area contributed by atoms with Gasteiger partial charge in [0, 0.05) is 30.0 Å². The molecule has 0 atom stereocenters. The van der Waals surface area contributed by atoms with Gasteiger partial charge in [-0.1, -0.05) is 23.2 Å². The van der Waals surface area contributed by atoms with E-state index in [-0.39, 0.29) is 5.75 Å². The zero-order valence-corrected chi connectivity index (χ0v) is 13.5. The van der Waals surface area contributed by atoms with E-state index in [0.717, 1.165) is 5.69 Å². The maximum atomic E-state index is 10.9. The fraction of sp³-hybridized carbons (Fsp3) is 0.154. The summed E-state index contributed by atoms with van der Waals surface area (Å²) in [5.74, 6) is -0.150. The van der Waals surface area contributed by atoms with Crippen molar-refractivity contribution in [3.05, 3.63) is 38.8 Å². The standard InChI is InChI=1S/C13H11Cl2N3O2S/c1-7-6-21-13(17-7)18-16-5-10-11(14)3-9(4-12(10)15)20-8(2)19/h3-6H,1-2H3,(H,17,18). The van der Waals surface area contributed by atoms with Crippen LogP contribution in [0.15, 0.2) is 22.6 Å². The van der Waals surface area contributed by atoms with E-state index in [0.29, 0.717) is 20.7 Å². The van der Waals surface area contributed by atoms with E-state index in [4.69, 9.17) is 27.9 Å². The molecular weight excluding hydrogens is 333 g/mol. The minimum absolute atomic E-state index is 0.290. The number of hydrogen-bond donors (Lipinski definition) is 1. The van der Waals surface area contributed by atoms with Gasteiger partial charge in [-0.3, -0.25) is 10.2 Å². The summed E-state index contributed by atoms with van der Waals surface area (Å²) < 4.78 is 4.93. The van der Waals surface area contributed by atoms with Gasteiger partial charge < -0.3 is 4.74 Å². The Morgan fingerprint density at radius 3 is 2.62 bits per heavy atom. The van der Waals surface area contributed by atoms with E-state index in [1.807, 2.05) is 12.3 Å². The Balaban J connectivity index is 2.14. The number of rotatable bonds is 4. The minimum Gasteiger partial charge on any atom is -0.427 e. The highest BCUT2D eigenvalue weighted by molar-refractivity contribution is 7.13. The number of aromatic nitrogens is 1. The summed E-state index contributed by atoms with van der Waals surface area (Å²) in [6.45, 7) is 3.20. The highest BCUT2D eigenvalue weighted by Gasteiger charge is 2.09. The first kappa shape index (κ1) is 15.8. The third kappa shape index (κ3) is 4.42. The lowest BCUT2D eigenvalue weighted by Crippen LogP contribution is -2.02. The molecule has 1 aromatic carbocycles. The lowest BCUT2D eigenvalue weighted by molar-refractivity contribution is -0.131. The molecule has 0 aliphatic carbocycles. The predicted molar refractivity (Wildman–Crippen MR) is 85.8 cm³/mol. The molecule has 21 heavy (non-hydrogen) atoms. The first-order valence-corrected chi connectivity index (χ1v) is 7.48. The third-order valence-corrected chi connectivity index (χ3v) is 3.78. The van der Waals surface area contributed by atoms with Crippen LogP contribution in [0, 0.1) is 6.92 Å². The van der Waals surface area contributed by atoms with E-state index < -0.39 is 5.97 Å². The van der Waals surface area contributed by atoms with Gasteiger partial charge in [-0.2, -0.15) is 5.10 Å². The Labute approximate surface area is 135 Å². The van der Waals surface area contributed by atoms with E-state index >= 15 is 0 Å². The van der Waals surface area contributed by atoms with Gasteiger partial charge in [0.15, 0.2) is 0 Å². The fourth-order valence-corrected chi connectivity index (χ4v) is 2.67. The Morgan fingerprint density at radius 1 is 1.43 bits per heavy atom. The lowest BCUT2D eigenvalue weighted by Gasteiger charge is -2.06. The van der Waals surface area contributed by atoms with E-state index in [2.05, 4.69) is 15.5 Å². The monoisotopic (exact) mass is 343 g/mol. The second-order valence-electron chi connectivity index (χ2n) is 4.06. The van der Waals surface area contributed by atoms with Crippen molar-refractivity contribution in [2.45, 2.75) is 13.8 Å². The summed E-state index contributed by atoms with van der Waals surface area (Å²) in [6.07, 6.45) is 1.49. The molecule has 0 fully saturated rings. The van der Waals surface area contributed by atoms with Crippen LogP contribution in [-0.4, -0.2) is 17.2 Å². The summed E-state index contributed by atoms with van der Waals surface area (Å²) >= 11 is 13.6. The number of esters is 1. The number of hydrogen-bond acceptors (Lipinski definition) is 6. The van der Waals surface area contributed by atoms with Gasteiger partial charge in [0.2, 0.25) is 5.13 Å². The molecule has 5 nitrogen and oxygen atoms in total. The molecule has 0 unspecified atom stereocenters. The number of hydrazone groups is 1. The Hall–Kier alpha value is -1.63. The molecule has 2 aromatic rings. The molecule has 110 valence electrons. The second kappa shape index (κ2) is 6.89. The van der Waals surface area contributed by atoms with Crippen LogP contribution in [0.3, 0.4) is 0 Å². The van der Waals surface area contributed by atoms with Gasteiger partial charge in [-0.15, -0.1) is 11.3 Å².